The fourth-order valence-electron chi connectivity index (χ4n) is 2.63. The van der Waals surface area contributed by atoms with Gasteiger partial charge in [0.25, 0.3) is 0 Å². The Morgan fingerprint density at radius 3 is 2.32 bits per heavy atom. The first-order valence-electron chi connectivity index (χ1n) is 8.70. The third kappa shape index (κ3) is 7.55. The summed E-state index contributed by atoms with van der Waals surface area (Å²) in [5.41, 5.74) is 8.92. The van der Waals surface area contributed by atoms with Crippen LogP contribution in [0.4, 0.5) is 0 Å². The lowest BCUT2D eigenvalue weighted by atomic mass is 9.97. The summed E-state index contributed by atoms with van der Waals surface area (Å²) in [6.07, 6.45) is -1.40. The summed E-state index contributed by atoms with van der Waals surface area (Å²) in [6.45, 7) is 7.12. The van der Waals surface area contributed by atoms with E-state index in [1.54, 1.807) is 6.08 Å². The second kappa shape index (κ2) is 12.0. The van der Waals surface area contributed by atoms with E-state index in [0.717, 1.165) is 13.8 Å². The molecule has 0 N–H and O–H groups in total. The number of carbonyl (C=O) groups is 3. The molecule has 1 saturated heterocycles. The summed E-state index contributed by atoms with van der Waals surface area (Å²) >= 11 is 0. The van der Waals surface area contributed by atoms with Crippen molar-refractivity contribution in [1.29, 1.82) is 0 Å². The predicted octanol–water partition coefficient (Wildman–Crippen LogP) is 1.80. The van der Waals surface area contributed by atoms with Gasteiger partial charge < -0.3 is 23.7 Å². The van der Waals surface area contributed by atoms with Gasteiger partial charge in [0.1, 0.15) is 18.8 Å². The number of esters is 3. The van der Waals surface area contributed by atoms with E-state index in [2.05, 4.69) is 16.6 Å². The summed E-state index contributed by atoms with van der Waals surface area (Å²) in [4.78, 5) is 37.1. The smallest absolute Gasteiger partial charge is 0.303 e. The normalized spacial score (nSPS) is 26.5. The molecular formula is C17H25N3O8. The molecule has 0 aromatic heterocycles. The van der Waals surface area contributed by atoms with Gasteiger partial charge in [0.2, 0.25) is 0 Å². The number of unbranched alkanes of at least 4 members (excludes halogenated alkanes) is 1. The van der Waals surface area contributed by atoms with Gasteiger partial charge in [-0.05, 0) is 18.4 Å². The molecule has 11 heteroatoms. The van der Waals surface area contributed by atoms with E-state index < -0.39 is 48.6 Å². The van der Waals surface area contributed by atoms with Crippen LogP contribution in [-0.4, -0.2) is 61.8 Å². The lowest BCUT2D eigenvalue weighted by Crippen LogP contribution is -2.61. The summed E-state index contributed by atoms with van der Waals surface area (Å²) in [5, 5.41) is 3.62. The number of hydrogen-bond donors (Lipinski definition) is 0. The lowest BCUT2D eigenvalue weighted by molar-refractivity contribution is -0.273. The minimum atomic E-state index is -1.18. The summed E-state index contributed by atoms with van der Waals surface area (Å²) < 4.78 is 26.9. The molecule has 1 rings (SSSR count). The van der Waals surface area contributed by atoms with E-state index >= 15 is 0 Å². The molecule has 0 amide bonds. The molecule has 0 aromatic rings. The Labute approximate surface area is 162 Å². The summed E-state index contributed by atoms with van der Waals surface area (Å²) in [6, 6.07) is -1.12. The second-order valence-corrected chi connectivity index (χ2v) is 5.99. The van der Waals surface area contributed by atoms with Crippen molar-refractivity contribution in [1.82, 2.24) is 0 Å². The Kier molecular flexibility index (Phi) is 10.0. The van der Waals surface area contributed by atoms with Crippen LogP contribution in [-0.2, 0) is 38.1 Å². The van der Waals surface area contributed by atoms with Crippen molar-refractivity contribution >= 4 is 17.9 Å². The molecule has 0 bridgehead atoms. The Morgan fingerprint density at radius 2 is 1.79 bits per heavy atom. The highest BCUT2D eigenvalue weighted by Crippen LogP contribution is 2.30. The molecule has 0 saturated carbocycles. The van der Waals surface area contributed by atoms with Gasteiger partial charge in [-0.1, -0.05) is 11.2 Å². The van der Waals surface area contributed by atoms with Gasteiger partial charge in [0, 0.05) is 25.7 Å². The van der Waals surface area contributed by atoms with Crippen molar-refractivity contribution in [3.8, 4) is 0 Å². The third-order valence-corrected chi connectivity index (χ3v) is 3.69. The highest BCUT2D eigenvalue weighted by molar-refractivity contribution is 5.68. The minimum Gasteiger partial charge on any atom is -0.463 e. The molecule has 1 fully saturated rings. The quantitative estimate of drug-likeness (QED) is 0.103. The zero-order chi connectivity index (χ0) is 21.1. The van der Waals surface area contributed by atoms with E-state index in [-0.39, 0.29) is 13.2 Å². The van der Waals surface area contributed by atoms with Crippen LogP contribution in [0.5, 0.6) is 0 Å². The van der Waals surface area contributed by atoms with Gasteiger partial charge in [0.05, 0.1) is 6.61 Å². The van der Waals surface area contributed by atoms with Gasteiger partial charge in [-0.3, -0.25) is 14.4 Å². The Bertz CT molecular complexity index is 620. The lowest BCUT2D eigenvalue weighted by Gasteiger charge is -2.43. The van der Waals surface area contributed by atoms with Gasteiger partial charge >= 0.3 is 17.9 Å². The van der Waals surface area contributed by atoms with E-state index in [1.165, 1.54) is 6.92 Å². The summed E-state index contributed by atoms with van der Waals surface area (Å²) in [7, 11) is 0. The van der Waals surface area contributed by atoms with Gasteiger partial charge in [-0.2, -0.15) is 0 Å². The number of hydrogen-bond acceptors (Lipinski definition) is 9. The maximum atomic E-state index is 11.6. The molecular weight excluding hydrogens is 374 g/mol. The molecule has 1 heterocycles. The SMILES string of the molecule is C=CCCCO[C@@H]1O[C@H](COC(C)=O)[C@@H](OC(C)=O)[C@H](OC(C)=O)[C@H]1N=[N+]=[N-]. The van der Waals surface area contributed by atoms with E-state index in [4.69, 9.17) is 29.2 Å². The number of azide groups is 1. The fourth-order valence-corrected chi connectivity index (χ4v) is 2.63. The van der Waals surface area contributed by atoms with E-state index in [9.17, 15) is 14.4 Å². The Hall–Kier alpha value is -2.62. The second-order valence-electron chi connectivity index (χ2n) is 5.99. The standard InChI is InChI=1S/C17H25N3O8/c1-5-6-7-8-24-17-14(19-20-18)16(27-12(4)23)15(26-11(3)22)13(28-17)9-25-10(2)21/h5,13-17H,1,6-9H2,2-4H3/t13-,14-,15-,16-,17-/m1/s1. The van der Waals surface area contributed by atoms with Gasteiger partial charge in [-0.15, -0.1) is 6.58 Å². The number of carbonyl (C=O) groups excluding carboxylic acids is 3. The molecule has 5 atom stereocenters. The molecule has 0 spiro atoms. The zero-order valence-corrected chi connectivity index (χ0v) is 16.1. The first kappa shape index (κ1) is 23.4. The van der Waals surface area contributed by atoms with Crippen molar-refractivity contribution in [2.24, 2.45) is 5.11 Å². The van der Waals surface area contributed by atoms with Gasteiger partial charge in [-0.25, -0.2) is 0 Å². The fraction of sp³-hybridized carbons (Fsp3) is 0.706. The van der Waals surface area contributed by atoms with Crippen LogP contribution in [0, 0.1) is 0 Å². The minimum absolute atomic E-state index is 0.249. The van der Waals surface area contributed by atoms with Crippen molar-refractivity contribution < 1.29 is 38.1 Å². The molecule has 0 unspecified atom stereocenters. The van der Waals surface area contributed by atoms with Crippen LogP contribution in [0.3, 0.4) is 0 Å². The van der Waals surface area contributed by atoms with Crippen LogP contribution >= 0.6 is 0 Å². The number of rotatable bonds is 10. The molecule has 156 valence electrons. The average Bonchev–Trinajstić information content (AvgIpc) is 2.60. The van der Waals surface area contributed by atoms with Crippen LogP contribution in [0.15, 0.2) is 17.8 Å². The van der Waals surface area contributed by atoms with Crippen molar-refractivity contribution in [3.05, 3.63) is 23.1 Å². The number of nitrogens with zero attached hydrogens (tertiary/aromatic N) is 3. The van der Waals surface area contributed by atoms with Crippen LogP contribution < -0.4 is 0 Å². The zero-order valence-electron chi connectivity index (χ0n) is 16.1. The molecule has 28 heavy (non-hydrogen) atoms. The van der Waals surface area contributed by atoms with E-state index in [1.807, 2.05) is 0 Å². The highest BCUT2D eigenvalue weighted by atomic mass is 16.7. The molecule has 11 nitrogen and oxygen atoms in total. The molecule has 0 aromatic carbocycles. The monoisotopic (exact) mass is 399 g/mol. The predicted molar refractivity (Wildman–Crippen MR) is 94.7 cm³/mol. The van der Waals surface area contributed by atoms with E-state index in [0.29, 0.717) is 12.8 Å². The van der Waals surface area contributed by atoms with Crippen LogP contribution in [0.2, 0.25) is 0 Å². The largest absolute Gasteiger partial charge is 0.463 e. The van der Waals surface area contributed by atoms with Gasteiger partial charge in [0.15, 0.2) is 18.5 Å². The van der Waals surface area contributed by atoms with Crippen molar-refractivity contribution in [2.75, 3.05) is 13.2 Å². The first-order valence-corrected chi connectivity index (χ1v) is 8.70. The number of ether oxygens (including phenoxy) is 5. The Balaban J connectivity index is 3.16. The Morgan fingerprint density at radius 1 is 1.14 bits per heavy atom. The first-order chi connectivity index (χ1) is 13.3. The topological polar surface area (TPSA) is 146 Å². The maximum Gasteiger partial charge on any atom is 0.303 e. The third-order valence-electron chi connectivity index (χ3n) is 3.69. The van der Waals surface area contributed by atoms with Crippen LogP contribution in [0.25, 0.3) is 10.4 Å². The maximum absolute atomic E-state index is 11.6. The highest BCUT2D eigenvalue weighted by Gasteiger charge is 2.50. The van der Waals surface area contributed by atoms with Crippen LogP contribution in [0.1, 0.15) is 33.6 Å². The molecule has 0 radical (unpaired) electrons. The summed E-state index contributed by atoms with van der Waals surface area (Å²) in [5.74, 6) is -1.93. The van der Waals surface area contributed by atoms with Crippen molar-refractivity contribution in [2.45, 2.75) is 64.3 Å². The van der Waals surface area contributed by atoms with Crippen molar-refractivity contribution in [3.63, 3.8) is 0 Å². The number of allylic oxidation sites excluding steroid dienone is 1. The molecule has 1 aliphatic heterocycles. The molecule has 0 aliphatic carbocycles. The molecule has 1 aliphatic rings. The average molecular weight is 399 g/mol.